The van der Waals surface area contributed by atoms with Gasteiger partial charge in [-0.3, -0.25) is 0 Å². The molecule has 2 atom stereocenters. The van der Waals surface area contributed by atoms with E-state index in [1.165, 1.54) is 0 Å². The lowest BCUT2D eigenvalue weighted by Crippen LogP contribution is -2.15. The first-order chi connectivity index (χ1) is 8.37. The Bertz CT molecular complexity index is 495. The molecule has 3 rings (SSSR count). The van der Waals surface area contributed by atoms with E-state index in [1.54, 1.807) is 0 Å². The summed E-state index contributed by atoms with van der Waals surface area (Å²) in [7, 11) is 0. The average Bonchev–Trinajstić information content (AvgIpc) is 3.17. The molecule has 1 N–H and O–H groups in total. The van der Waals surface area contributed by atoms with Crippen molar-refractivity contribution in [3.05, 3.63) is 71.8 Å². The monoisotopic (exact) mass is 226 g/mol. The number of ether oxygens (including phenoxy) is 1. The highest BCUT2D eigenvalue weighted by Crippen LogP contribution is 2.56. The molecule has 0 aromatic heterocycles. The molecule has 0 spiro atoms. The summed E-state index contributed by atoms with van der Waals surface area (Å²) in [6.45, 7) is 0.0105. The van der Waals surface area contributed by atoms with Crippen LogP contribution in [0.4, 0.5) is 0 Å². The molecule has 1 aliphatic rings. The zero-order valence-corrected chi connectivity index (χ0v) is 9.41. The van der Waals surface area contributed by atoms with Crippen molar-refractivity contribution in [1.29, 1.82) is 0 Å². The summed E-state index contributed by atoms with van der Waals surface area (Å²) in [5.41, 5.74) is 1.62. The van der Waals surface area contributed by atoms with Gasteiger partial charge in [-0.2, -0.15) is 0 Å². The second kappa shape index (κ2) is 3.99. The summed E-state index contributed by atoms with van der Waals surface area (Å²) >= 11 is 0. The Morgan fingerprint density at radius 2 is 1.53 bits per heavy atom. The zero-order chi connectivity index (χ0) is 11.7. The van der Waals surface area contributed by atoms with Crippen molar-refractivity contribution in [3.63, 3.8) is 0 Å². The van der Waals surface area contributed by atoms with Crippen LogP contribution >= 0.6 is 0 Å². The maximum Gasteiger partial charge on any atom is 0.147 e. The van der Waals surface area contributed by atoms with E-state index < -0.39 is 5.60 Å². The van der Waals surface area contributed by atoms with Gasteiger partial charge in [-0.25, -0.2) is 0 Å². The van der Waals surface area contributed by atoms with E-state index in [0.717, 1.165) is 11.1 Å². The van der Waals surface area contributed by atoms with Crippen molar-refractivity contribution in [3.8, 4) is 0 Å². The van der Waals surface area contributed by atoms with Crippen LogP contribution in [0, 0.1) is 0 Å². The van der Waals surface area contributed by atoms with E-state index >= 15 is 0 Å². The largest absolute Gasteiger partial charge is 0.393 e. The molecule has 0 unspecified atom stereocenters. The molecule has 0 bridgehead atoms. The number of benzene rings is 2. The van der Waals surface area contributed by atoms with Gasteiger partial charge in [-0.15, -0.1) is 0 Å². The average molecular weight is 226 g/mol. The van der Waals surface area contributed by atoms with E-state index in [1.807, 2.05) is 60.7 Å². The molecular formula is C15H14O2. The molecule has 1 fully saturated rings. The van der Waals surface area contributed by atoms with Crippen LogP contribution in [0.5, 0.6) is 0 Å². The zero-order valence-electron chi connectivity index (χ0n) is 9.41. The molecule has 2 nitrogen and oxygen atoms in total. The minimum Gasteiger partial charge on any atom is -0.393 e. The number of hydrogen-bond donors (Lipinski definition) is 1. The topological polar surface area (TPSA) is 32.8 Å². The van der Waals surface area contributed by atoms with Crippen molar-refractivity contribution in [2.75, 3.05) is 6.61 Å². The molecule has 2 aromatic carbocycles. The van der Waals surface area contributed by atoms with Crippen LogP contribution in [0.15, 0.2) is 60.7 Å². The van der Waals surface area contributed by atoms with Crippen molar-refractivity contribution >= 4 is 0 Å². The normalized spacial score (nSPS) is 26.8. The van der Waals surface area contributed by atoms with Gasteiger partial charge in [0.2, 0.25) is 0 Å². The fourth-order valence-electron chi connectivity index (χ4n) is 2.29. The van der Waals surface area contributed by atoms with Crippen LogP contribution in [-0.2, 0) is 10.3 Å². The van der Waals surface area contributed by atoms with Gasteiger partial charge in [0.1, 0.15) is 11.7 Å². The molecule has 0 saturated carbocycles. The number of rotatable bonds is 3. The van der Waals surface area contributed by atoms with E-state index in [4.69, 9.17) is 4.74 Å². The van der Waals surface area contributed by atoms with Crippen molar-refractivity contribution < 1.29 is 9.84 Å². The van der Waals surface area contributed by atoms with Crippen LogP contribution in [0.1, 0.15) is 17.2 Å². The van der Waals surface area contributed by atoms with Gasteiger partial charge in [-0.05, 0) is 11.1 Å². The van der Waals surface area contributed by atoms with Crippen LogP contribution in [0.3, 0.4) is 0 Å². The fourth-order valence-corrected chi connectivity index (χ4v) is 2.29. The van der Waals surface area contributed by atoms with Gasteiger partial charge in [0.25, 0.3) is 0 Å². The third-order valence-corrected chi connectivity index (χ3v) is 3.29. The van der Waals surface area contributed by atoms with Gasteiger partial charge in [0, 0.05) is 0 Å². The summed E-state index contributed by atoms with van der Waals surface area (Å²) in [5.74, 6) is 0. The third-order valence-electron chi connectivity index (χ3n) is 3.29. The summed E-state index contributed by atoms with van der Waals surface area (Å²) in [6, 6.07) is 19.9. The quantitative estimate of drug-likeness (QED) is 0.816. The van der Waals surface area contributed by atoms with Crippen LogP contribution in [-0.4, -0.2) is 11.7 Å². The highest BCUT2D eigenvalue weighted by molar-refractivity contribution is 5.35. The molecule has 1 saturated heterocycles. The minimum atomic E-state index is -0.539. The molecule has 0 amide bonds. The Hall–Kier alpha value is -1.64. The van der Waals surface area contributed by atoms with E-state index in [2.05, 4.69) is 0 Å². The van der Waals surface area contributed by atoms with E-state index in [0.29, 0.717) is 0 Å². The molecule has 2 heteroatoms. The maximum absolute atomic E-state index is 9.62. The predicted octanol–water partition coefficient (Wildman–Crippen LogP) is 2.65. The van der Waals surface area contributed by atoms with Crippen molar-refractivity contribution in [2.24, 2.45) is 0 Å². The highest BCUT2D eigenvalue weighted by Gasteiger charge is 2.58. The van der Waals surface area contributed by atoms with E-state index in [9.17, 15) is 5.11 Å². The Labute approximate surface area is 100 Å². The molecule has 2 aromatic rings. The molecule has 0 aliphatic carbocycles. The van der Waals surface area contributed by atoms with Crippen LogP contribution < -0.4 is 0 Å². The Balaban J connectivity index is 1.94. The van der Waals surface area contributed by atoms with Crippen molar-refractivity contribution in [2.45, 2.75) is 11.7 Å². The number of aliphatic hydroxyl groups is 1. The minimum absolute atomic E-state index is 0.0105. The fraction of sp³-hybridized carbons (Fsp3) is 0.200. The summed E-state index contributed by atoms with van der Waals surface area (Å²) in [4.78, 5) is 0. The molecule has 0 radical (unpaired) electrons. The highest BCUT2D eigenvalue weighted by atomic mass is 16.6. The van der Waals surface area contributed by atoms with Gasteiger partial charge in [0.15, 0.2) is 0 Å². The second-order valence-corrected chi connectivity index (χ2v) is 4.32. The van der Waals surface area contributed by atoms with Gasteiger partial charge in [0.05, 0.1) is 6.61 Å². The Morgan fingerprint density at radius 1 is 0.941 bits per heavy atom. The molecule has 1 aliphatic heterocycles. The maximum atomic E-state index is 9.62. The lowest BCUT2D eigenvalue weighted by atomic mass is 9.92. The molecule has 86 valence electrons. The van der Waals surface area contributed by atoms with Gasteiger partial charge >= 0.3 is 0 Å². The summed E-state index contributed by atoms with van der Waals surface area (Å²) in [6.07, 6.45) is -0.0314. The van der Waals surface area contributed by atoms with Crippen molar-refractivity contribution in [1.82, 2.24) is 0 Å². The third kappa shape index (κ3) is 1.66. The molecule has 17 heavy (non-hydrogen) atoms. The SMILES string of the molecule is OC[C@]1(c2ccccc2)O[C@H]1c1ccccc1. The van der Waals surface area contributed by atoms with Gasteiger partial charge < -0.3 is 9.84 Å². The number of hydrogen-bond acceptors (Lipinski definition) is 2. The first-order valence-corrected chi connectivity index (χ1v) is 5.76. The summed E-state index contributed by atoms with van der Waals surface area (Å²) < 4.78 is 5.78. The lowest BCUT2D eigenvalue weighted by molar-refractivity contribution is 0.172. The smallest absolute Gasteiger partial charge is 0.147 e. The first kappa shape index (κ1) is 10.5. The lowest BCUT2D eigenvalue weighted by Gasteiger charge is -2.09. The summed E-state index contributed by atoms with van der Waals surface area (Å²) in [5, 5.41) is 9.62. The molecular weight excluding hydrogens is 212 g/mol. The Morgan fingerprint density at radius 3 is 2.12 bits per heavy atom. The number of aliphatic hydroxyl groups excluding tert-OH is 1. The predicted molar refractivity (Wildman–Crippen MR) is 65.5 cm³/mol. The van der Waals surface area contributed by atoms with E-state index in [-0.39, 0.29) is 12.7 Å². The van der Waals surface area contributed by atoms with Crippen LogP contribution in [0.2, 0.25) is 0 Å². The Kier molecular flexibility index (Phi) is 2.46. The molecule has 1 heterocycles. The first-order valence-electron chi connectivity index (χ1n) is 5.76. The number of epoxide rings is 1. The second-order valence-electron chi connectivity index (χ2n) is 4.32. The van der Waals surface area contributed by atoms with Gasteiger partial charge in [-0.1, -0.05) is 60.7 Å². The van der Waals surface area contributed by atoms with Crippen LogP contribution in [0.25, 0.3) is 0 Å². The standard InChI is InChI=1S/C15H14O2/c16-11-15(13-9-5-2-6-10-13)14(17-15)12-7-3-1-4-8-12/h1-10,14,16H,11H2/t14-,15+/m0/s1.